The number of benzene rings is 3. The summed E-state index contributed by atoms with van der Waals surface area (Å²) >= 11 is 0. The third kappa shape index (κ3) is 6.36. The Morgan fingerprint density at radius 2 is 1.57 bits per heavy atom. The summed E-state index contributed by atoms with van der Waals surface area (Å²) in [6, 6.07) is 20.3. The van der Waals surface area contributed by atoms with Gasteiger partial charge in [0.2, 0.25) is 0 Å². The van der Waals surface area contributed by atoms with Gasteiger partial charge in [-0.25, -0.2) is 4.39 Å². The minimum atomic E-state index is -0.533. The standard InChI is InChI=1S/C27H29FN4O3/c1-2-31-15-17-32(18-16-31)21-13-11-20(12-14-21)29-27(34)22-7-3-6-10-25(22)35-19-26(33)30-24-9-5-4-8-23(24)28/h3-14H,2,15-19H2,1H3,(H,29,34)(H,30,33). The van der Waals surface area contributed by atoms with Crippen LogP contribution >= 0.6 is 0 Å². The molecule has 0 bridgehead atoms. The number of nitrogens with one attached hydrogen (secondary N) is 2. The first kappa shape index (κ1) is 24.2. The maximum Gasteiger partial charge on any atom is 0.262 e. The van der Waals surface area contributed by atoms with Gasteiger partial charge in [-0.05, 0) is 55.1 Å². The lowest BCUT2D eigenvalue weighted by Crippen LogP contribution is -2.46. The molecule has 0 saturated carbocycles. The van der Waals surface area contributed by atoms with Crippen molar-refractivity contribution < 1.29 is 18.7 Å². The van der Waals surface area contributed by atoms with E-state index in [1.54, 1.807) is 30.3 Å². The Morgan fingerprint density at radius 3 is 2.29 bits per heavy atom. The Hall–Kier alpha value is -3.91. The van der Waals surface area contributed by atoms with Crippen LogP contribution in [0.1, 0.15) is 17.3 Å². The Kier molecular flexibility index (Phi) is 7.95. The van der Waals surface area contributed by atoms with E-state index >= 15 is 0 Å². The van der Waals surface area contributed by atoms with E-state index in [4.69, 9.17) is 4.74 Å². The largest absolute Gasteiger partial charge is 0.483 e. The molecule has 3 aromatic carbocycles. The third-order valence-corrected chi connectivity index (χ3v) is 5.95. The number of para-hydroxylation sites is 2. The zero-order valence-electron chi connectivity index (χ0n) is 19.7. The molecule has 0 radical (unpaired) electrons. The van der Waals surface area contributed by atoms with Crippen LogP contribution in [-0.4, -0.2) is 56.0 Å². The molecule has 1 saturated heterocycles. The summed E-state index contributed by atoms with van der Waals surface area (Å²) in [6.07, 6.45) is 0. The van der Waals surface area contributed by atoms with Gasteiger partial charge in [-0.3, -0.25) is 9.59 Å². The third-order valence-electron chi connectivity index (χ3n) is 5.95. The van der Waals surface area contributed by atoms with Crippen LogP contribution in [0, 0.1) is 5.82 Å². The summed E-state index contributed by atoms with van der Waals surface area (Å²) in [5.41, 5.74) is 2.16. The fourth-order valence-electron chi connectivity index (χ4n) is 3.95. The molecule has 0 aliphatic carbocycles. The summed E-state index contributed by atoms with van der Waals surface area (Å²) in [6.45, 7) is 6.94. The smallest absolute Gasteiger partial charge is 0.262 e. The van der Waals surface area contributed by atoms with Gasteiger partial charge in [-0.2, -0.15) is 0 Å². The second kappa shape index (κ2) is 11.5. The molecule has 8 heteroatoms. The highest BCUT2D eigenvalue weighted by molar-refractivity contribution is 6.06. The molecule has 182 valence electrons. The first-order valence-electron chi connectivity index (χ1n) is 11.7. The number of halogens is 1. The van der Waals surface area contributed by atoms with Crippen molar-refractivity contribution in [3.8, 4) is 5.75 Å². The summed E-state index contributed by atoms with van der Waals surface area (Å²) < 4.78 is 19.3. The number of anilines is 3. The van der Waals surface area contributed by atoms with Crippen molar-refractivity contribution in [3.05, 3.63) is 84.2 Å². The summed E-state index contributed by atoms with van der Waals surface area (Å²) in [5.74, 6) is -1.14. The van der Waals surface area contributed by atoms with Gasteiger partial charge in [0, 0.05) is 37.6 Å². The van der Waals surface area contributed by atoms with Gasteiger partial charge >= 0.3 is 0 Å². The van der Waals surface area contributed by atoms with Crippen molar-refractivity contribution >= 4 is 28.9 Å². The topological polar surface area (TPSA) is 73.9 Å². The number of rotatable bonds is 8. The summed E-state index contributed by atoms with van der Waals surface area (Å²) in [5, 5.41) is 5.34. The van der Waals surface area contributed by atoms with Crippen LogP contribution in [0.3, 0.4) is 0 Å². The Labute approximate surface area is 204 Å². The first-order valence-corrected chi connectivity index (χ1v) is 11.7. The fraction of sp³-hybridized carbons (Fsp3) is 0.259. The van der Waals surface area contributed by atoms with Crippen LogP contribution in [0.5, 0.6) is 5.75 Å². The molecule has 1 heterocycles. The van der Waals surface area contributed by atoms with Crippen LogP contribution in [0.15, 0.2) is 72.8 Å². The summed E-state index contributed by atoms with van der Waals surface area (Å²) in [4.78, 5) is 29.9. The zero-order valence-corrected chi connectivity index (χ0v) is 19.7. The maximum absolute atomic E-state index is 13.7. The predicted molar refractivity (Wildman–Crippen MR) is 136 cm³/mol. The van der Waals surface area contributed by atoms with Crippen molar-refractivity contribution in [2.45, 2.75) is 6.92 Å². The van der Waals surface area contributed by atoms with E-state index in [1.807, 2.05) is 24.3 Å². The van der Waals surface area contributed by atoms with Gasteiger partial charge in [-0.1, -0.05) is 31.2 Å². The Bertz CT molecular complexity index is 1160. The fourth-order valence-corrected chi connectivity index (χ4v) is 3.95. The second-order valence-electron chi connectivity index (χ2n) is 8.24. The number of piperazine rings is 1. The highest BCUT2D eigenvalue weighted by atomic mass is 19.1. The molecule has 2 amide bonds. The molecule has 0 unspecified atom stereocenters. The van der Waals surface area contributed by atoms with Gasteiger partial charge in [0.15, 0.2) is 6.61 Å². The monoisotopic (exact) mass is 476 g/mol. The molecule has 1 fully saturated rings. The zero-order chi connectivity index (χ0) is 24.6. The molecular formula is C27H29FN4O3. The number of nitrogens with zero attached hydrogens (tertiary/aromatic N) is 2. The van der Waals surface area contributed by atoms with E-state index in [9.17, 15) is 14.0 Å². The van der Waals surface area contributed by atoms with Crippen molar-refractivity contribution in [2.75, 3.05) is 54.9 Å². The van der Waals surface area contributed by atoms with E-state index < -0.39 is 11.7 Å². The second-order valence-corrected chi connectivity index (χ2v) is 8.24. The molecule has 0 atom stereocenters. The normalized spacial score (nSPS) is 13.8. The van der Waals surface area contributed by atoms with E-state index in [2.05, 4.69) is 27.4 Å². The first-order chi connectivity index (χ1) is 17.0. The lowest BCUT2D eigenvalue weighted by atomic mass is 10.1. The van der Waals surface area contributed by atoms with Crippen LogP contribution in [-0.2, 0) is 4.79 Å². The van der Waals surface area contributed by atoms with Crippen molar-refractivity contribution in [3.63, 3.8) is 0 Å². The van der Waals surface area contributed by atoms with E-state index in [-0.39, 0.29) is 24.0 Å². The Morgan fingerprint density at radius 1 is 0.886 bits per heavy atom. The molecule has 2 N–H and O–H groups in total. The molecule has 7 nitrogen and oxygen atoms in total. The van der Waals surface area contributed by atoms with Crippen LogP contribution < -0.4 is 20.3 Å². The molecule has 0 spiro atoms. The number of amides is 2. The molecule has 1 aliphatic rings. The minimum absolute atomic E-state index is 0.0721. The quantitative estimate of drug-likeness (QED) is 0.509. The average Bonchev–Trinajstić information content (AvgIpc) is 2.89. The lowest BCUT2D eigenvalue weighted by molar-refractivity contribution is -0.118. The number of hydrogen-bond acceptors (Lipinski definition) is 5. The van der Waals surface area contributed by atoms with E-state index in [0.717, 1.165) is 38.4 Å². The molecule has 1 aliphatic heterocycles. The van der Waals surface area contributed by atoms with Crippen LogP contribution in [0.25, 0.3) is 0 Å². The van der Waals surface area contributed by atoms with Gasteiger partial charge < -0.3 is 25.2 Å². The highest BCUT2D eigenvalue weighted by Crippen LogP contribution is 2.23. The van der Waals surface area contributed by atoms with Crippen LogP contribution in [0.2, 0.25) is 0 Å². The number of hydrogen-bond donors (Lipinski definition) is 2. The van der Waals surface area contributed by atoms with Crippen LogP contribution in [0.4, 0.5) is 21.5 Å². The maximum atomic E-state index is 13.7. The number of ether oxygens (including phenoxy) is 1. The Balaban J connectivity index is 1.34. The molecule has 0 aromatic heterocycles. The lowest BCUT2D eigenvalue weighted by Gasteiger charge is -2.35. The van der Waals surface area contributed by atoms with Crippen molar-refractivity contribution in [2.24, 2.45) is 0 Å². The molecule has 3 aromatic rings. The molecule has 35 heavy (non-hydrogen) atoms. The van der Waals surface area contributed by atoms with Crippen molar-refractivity contribution in [1.82, 2.24) is 4.90 Å². The van der Waals surface area contributed by atoms with Gasteiger partial charge in [-0.15, -0.1) is 0 Å². The molecule has 4 rings (SSSR count). The summed E-state index contributed by atoms with van der Waals surface area (Å²) in [7, 11) is 0. The average molecular weight is 477 g/mol. The number of carbonyl (C=O) groups is 2. The predicted octanol–water partition coefficient (Wildman–Crippen LogP) is 4.24. The highest BCUT2D eigenvalue weighted by Gasteiger charge is 2.17. The SMILES string of the molecule is CCN1CCN(c2ccc(NC(=O)c3ccccc3OCC(=O)Nc3ccccc3F)cc2)CC1. The number of carbonyl (C=O) groups excluding carboxylic acids is 2. The molecular weight excluding hydrogens is 447 g/mol. The van der Waals surface area contributed by atoms with E-state index in [1.165, 1.54) is 18.2 Å². The van der Waals surface area contributed by atoms with E-state index in [0.29, 0.717) is 11.3 Å². The van der Waals surface area contributed by atoms with Gasteiger partial charge in [0.25, 0.3) is 11.8 Å². The number of likely N-dealkylation sites (N-methyl/N-ethyl adjacent to an activating group) is 1. The van der Waals surface area contributed by atoms with Crippen molar-refractivity contribution in [1.29, 1.82) is 0 Å². The minimum Gasteiger partial charge on any atom is -0.483 e. The van der Waals surface area contributed by atoms with Gasteiger partial charge in [0.1, 0.15) is 11.6 Å². The van der Waals surface area contributed by atoms with Gasteiger partial charge in [0.05, 0.1) is 11.3 Å².